The molecule has 2 aromatic carbocycles. The normalized spacial score (nSPS) is 12.8. The van der Waals surface area contributed by atoms with Gasteiger partial charge in [0.1, 0.15) is 5.82 Å². The molecule has 0 aliphatic rings. The van der Waals surface area contributed by atoms with Gasteiger partial charge in [-0.15, -0.1) is 0 Å². The highest BCUT2D eigenvalue weighted by Gasteiger charge is 2.29. The van der Waals surface area contributed by atoms with E-state index >= 15 is 0 Å². The van der Waals surface area contributed by atoms with Crippen LogP contribution in [0.25, 0.3) is 0 Å². The molecule has 2 aromatic rings. The van der Waals surface area contributed by atoms with E-state index < -0.39 is 34.8 Å². The molecule has 0 aliphatic heterocycles. The lowest BCUT2D eigenvalue weighted by atomic mass is 10.2. The Bertz CT molecular complexity index is 935. The van der Waals surface area contributed by atoms with E-state index in [0.29, 0.717) is 5.02 Å². The van der Waals surface area contributed by atoms with Crippen LogP contribution >= 0.6 is 23.2 Å². The minimum Gasteiger partial charge on any atom is -0.383 e. The van der Waals surface area contributed by atoms with Gasteiger partial charge in [-0.25, -0.2) is 12.8 Å². The molecule has 0 aromatic heterocycles. The van der Waals surface area contributed by atoms with Crippen LogP contribution in [0, 0.1) is 5.82 Å². The Hall–Kier alpha value is -1.71. The minimum absolute atomic E-state index is 0.0237. The summed E-state index contributed by atoms with van der Waals surface area (Å²) in [6.07, 6.45) is 0. The van der Waals surface area contributed by atoms with E-state index in [2.05, 4.69) is 5.32 Å². The van der Waals surface area contributed by atoms with Crippen LogP contribution in [0.3, 0.4) is 0 Å². The molecular formula is C19H21Cl2FN2O4S. The molecule has 1 amide bonds. The van der Waals surface area contributed by atoms with Crippen LogP contribution in [0.5, 0.6) is 0 Å². The van der Waals surface area contributed by atoms with E-state index in [4.69, 9.17) is 27.9 Å². The Kier molecular flexibility index (Phi) is 8.42. The number of carbonyl (C=O) groups is 1. The van der Waals surface area contributed by atoms with Crippen LogP contribution < -0.4 is 5.32 Å². The fourth-order valence-electron chi connectivity index (χ4n) is 2.61. The van der Waals surface area contributed by atoms with Crippen LogP contribution in [0.15, 0.2) is 47.4 Å². The van der Waals surface area contributed by atoms with Crippen LogP contribution in [-0.4, -0.2) is 44.9 Å². The molecule has 29 heavy (non-hydrogen) atoms. The predicted octanol–water partition coefficient (Wildman–Crippen LogP) is 3.47. The van der Waals surface area contributed by atoms with E-state index in [1.165, 1.54) is 49.6 Å². The summed E-state index contributed by atoms with van der Waals surface area (Å²) in [6, 6.07) is 9.19. The number of methoxy groups -OCH3 is 1. The van der Waals surface area contributed by atoms with E-state index in [1.807, 2.05) is 0 Å². The fourth-order valence-corrected chi connectivity index (χ4v) is 4.33. The summed E-state index contributed by atoms with van der Waals surface area (Å²) < 4.78 is 46.4. The highest BCUT2D eigenvalue weighted by atomic mass is 35.5. The number of hydrogen-bond acceptors (Lipinski definition) is 4. The van der Waals surface area contributed by atoms with E-state index in [-0.39, 0.29) is 28.1 Å². The second-order valence-electron chi connectivity index (χ2n) is 6.35. The summed E-state index contributed by atoms with van der Waals surface area (Å²) in [5, 5.41) is 3.07. The van der Waals surface area contributed by atoms with Crippen molar-refractivity contribution in [3.05, 3.63) is 63.9 Å². The Labute approximate surface area is 179 Å². The van der Waals surface area contributed by atoms with Crippen LogP contribution in [0.1, 0.15) is 12.5 Å². The standard InChI is InChI=1S/C19H21Cl2FN2O4S/c1-13(12-28-2)23-19(25)11-24(10-16-17(21)4-3-5-18(16)22)29(26,27)15-8-6-14(20)7-9-15/h3-9,13H,10-12H2,1-2H3,(H,23,25)/t13-/m0/s1. The monoisotopic (exact) mass is 462 g/mol. The van der Waals surface area contributed by atoms with Gasteiger partial charge in [0.25, 0.3) is 0 Å². The van der Waals surface area contributed by atoms with Crippen molar-refractivity contribution in [1.82, 2.24) is 9.62 Å². The van der Waals surface area contributed by atoms with Crippen LogP contribution in [0.4, 0.5) is 4.39 Å². The summed E-state index contributed by atoms with van der Waals surface area (Å²) in [5.41, 5.74) is -0.0237. The summed E-state index contributed by atoms with van der Waals surface area (Å²) in [7, 11) is -2.65. The number of nitrogens with zero attached hydrogens (tertiary/aromatic N) is 1. The zero-order chi connectivity index (χ0) is 21.6. The van der Waals surface area contributed by atoms with Crippen molar-refractivity contribution in [2.24, 2.45) is 0 Å². The fraction of sp³-hybridized carbons (Fsp3) is 0.316. The summed E-state index contributed by atoms with van der Waals surface area (Å²) in [4.78, 5) is 12.3. The molecule has 0 saturated carbocycles. The number of hydrogen-bond donors (Lipinski definition) is 1. The molecule has 0 bridgehead atoms. The number of sulfonamides is 1. The van der Waals surface area contributed by atoms with Gasteiger partial charge in [-0.2, -0.15) is 4.31 Å². The van der Waals surface area contributed by atoms with Crippen LogP contribution in [-0.2, 0) is 26.1 Å². The summed E-state index contributed by atoms with van der Waals surface area (Å²) in [6.45, 7) is 1.04. The minimum atomic E-state index is -4.14. The lowest BCUT2D eigenvalue weighted by Gasteiger charge is -2.23. The van der Waals surface area contributed by atoms with Gasteiger partial charge in [-0.05, 0) is 43.3 Å². The second kappa shape index (κ2) is 10.4. The van der Waals surface area contributed by atoms with Crippen molar-refractivity contribution in [3.63, 3.8) is 0 Å². The van der Waals surface area contributed by atoms with E-state index in [0.717, 1.165) is 4.31 Å². The third-order valence-electron chi connectivity index (χ3n) is 3.99. The van der Waals surface area contributed by atoms with Crippen molar-refractivity contribution in [2.75, 3.05) is 20.3 Å². The first-order chi connectivity index (χ1) is 13.6. The molecule has 0 saturated heterocycles. The molecule has 1 N–H and O–H groups in total. The summed E-state index contributed by atoms with van der Waals surface area (Å²) >= 11 is 11.9. The van der Waals surface area contributed by atoms with Gasteiger partial charge in [0.05, 0.1) is 18.0 Å². The third kappa shape index (κ3) is 6.38. The topological polar surface area (TPSA) is 75.7 Å². The van der Waals surface area contributed by atoms with Gasteiger partial charge in [-0.1, -0.05) is 29.3 Å². The maximum Gasteiger partial charge on any atom is 0.243 e. The average Bonchev–Trinajstić information content (AvgIpc) is 2.64. The molecule has 158 valence electrons. The molecule has 0 aliphatic carbocycles. The number of amides is 1. The van der Waals surface area contributed by atoms with Gasteiger partial charge in [0.2, 0.25) is 15.9 Å². The van der Waals surface area contributed by atoms with Gasteiger partial charge in [-0.3, -0.25) is 4.79 Å². The van der Waals surface area contributed by atoms with Crippen molar-refractivity contribution in [3.8, 4) is 0 Å². The van der Waals surface area contributed by atoms with Crippen molar-refractivity contribution < 1.29 is 22.3 Å². The summed E-state index contributed by atoms with van der Waals surface area (Å²) in [5.74, 6) is -1.22. The molecule has 6 nitrogen and oxygen atoms in total. The third-order valence-corrected chi connectivity index (χ3v) is 6.40. The Morgan fingerprint density at radius 1 is 1.21 bits per heavy atom. The zero-order valence-corrected chi connectivity index (χ0v) is 18.2. The van der Waals surface area contributed by atoms with Gasteiger partial charge in [0.15, 0.2) is 0 Å². The van der Waals surface area contributed by atoms with Gasteiger partial charge < -0.3 is 10.1 Å². The SMILES string of the molecule is COC[C@H](C)NC(=O)CN(Cc1c(F)cccc1Cl)S(=O)(=O)c1ccc(Cl)cc1. The first kappa shape index (κ1) is 23.6. The number of carbonyl (C=O) groups excluding carboxylic acids is 1. The van der Waals surface area contributed by atoms with Gasteiger partial charge >= 0.3 is 0 Å². The number of rotatable bonds is 9. The highest BCUT2D eigenvalue weighted by Crippen LogP contribution is 2.25. The molecule has 0 unspecified atom stereocenters. The molecule has 2 rings (SSSR count). The molecule has 0 radical (unpaired) electrons. The number of halogens is 3. The zero-order valence-electron chi connectivity index (χ0n) is 15.9. The molecular weight excluding hydrogens is 442 g/mol. The quantitative estimate of drug-likeness (QED) is 0.618. The average molecular weight is 463 g/mol. The Balaban J connectivity index is 2.36. The second-order valence-corrected chi connectivity index (χ2v) is 9.13. The van der Waals surface area contributed by atoms with Crippen molar-refractivity contribution >= 4 is 39.1 Å². The molecule has 0 heterocycles. The lowest BCUT2D eigenvalue weighted by molar-refractivity contribution is -0.122. The molecule has 0 spiro atoms. The first-order valence-corrected chi connectivity index (χ1v) is 10.8. The Morgan fingerprint density at radius 3 is 2.45 bits per heavy atom. The van der Waals surface area contributed by atoms with E-state index in [1.54, 1.807) is 6.92 Å². The molecule has 10 heteroatoms. The Morgan fingerprint density at radius 2 is 1.86 bits per heavy atom. The van der Waals surface area contributed by atoms with Gasteiger partial charge in [0, 0.05) is 35.3 Å². The smallest absolute Gasteiger partial charge is 0.243 e. The van der Waals surface area contributed by atoms with Crippen molar-refractivity contribution in [1.29, 1.82) is 0 Å². The maximum absolute atomic E-state index is 14.3. The van der Waals surface area contributed by atoms with Crippen molar-refractivity contribution in [2.45, 2.75) is 24.4 Å². The highest BCUT2D eigenvalue weighted by molar-refractivity contribution is 7.89. The number of benzene rings is 2. The molecule has 1 atom stereocenters. The number of nitrogens with one attached hydrogen (secondary N) is 1. The first-order valence-electron chi connectivity index (χ1n) is 8.62. The largest absolute Gasteiger partial charge is 0.383 e. The molecule has 0 fully saturated rings. The lowest BCUT2D eigenvalue weighted by Crippen LogP contribution is -2.44. The predicted molar refractivity (Wildman–Crippen MR) is 110 cm³/mol. The maximum atomic E-state index is 14.3. The van der Waals surface area contributed by atoms with Crippen LogP contribution in [0.2, 0.25) is 10.0 Å². The number of ether oxygens (including phenoxy) is 1. The van der Waals surface area contributed by atoms with E-state index in [9.17, 15) is 17.6 Å².